The Kier molecular flexibility index (Phi) is 5.28. The molecule has 0 bridgehead atoms. The first-order valence-electron chi connectivity index (χ1n) is 10.5. The molecular formula is C22H27N7O3. The maximum atomic E-state index is 12.6. The van der Waals surface area contributed by atoms with Gasteiger partial charge >= 0.3 is 6.09 Å². The van der Waals surface area contributed by atoms with Crippen LogP contribution in [0.3, 0.4) is 0 Å². The summed E-state index contributed by atoms with van der Waals surface area (Å²) >= 11 is 0. The van der Waals surface area contributed by atoms with E-state index in [-0.39, 0.29) is 18.2 Å². The van der Waals surface area contributed by atoms with Crippen molar-refractivity contribution < 1.29 is 14.3 Å². The van der Waals surface area contributed by atoms with Gasteiger partial charge in [0, 0.05) is 24.3 Å². The molecule has 3 aromatic heterocycles. The molecule has 0 radical (unpaired) electrons. The van der Waals surface area contributed by atoms with Gasteiger partial charge in [-0.3, -0.25) is 0 Å². The minimum absolute atomic E-state index is 0.000657. The zero-order valence-corrected chi connectivity index (χ0v) is 19.2. The van der Waals surface area contributed by atoms with E-state index in [0.717, 1.165) is 17.7 Å². The first-order valence-corrected chi connectivity index (χ1v) is 10.5. The number of likely N-dealkylation sites (tertiary alicyclic amines) is 1. The van der Waals surface area contributed by atoms with E-state index in [0.29, 0.717) is 29.1 Å². The van der Waals surface area contributed by atoms with Gasteiger partial charge in [0.25, 0.3) is 0 Å². The zero-order chi connectivity index (χ0) is 23.2. The molecule has 1 fully saturated rings. The van der Waals surface area contributed by atoms with Gasteiger partial charge in [-0.1, -0.05) is 5.21 Å². The number of pyridine rings is 1. The lowest BCUT2D eigenvalue weighted by atomic mass is 10.1. The van der Waals surface area contributed by atoms with Gasteiger partial charge in [-0.25, -0.2) is 14.0 Å². The highest BCUT2D eigenvalue weighted by Crippen LogP contribution is 2.33. The van der Waals surface area contributed by atoms with E-state index in [1.807, 2.05) is 51.6 Å². The third kappa shape index (κ3) is 3.75. The van der Waals surface area contributed by atoms with Crippen molar-refractivity contribution in [3.05, 3.63) is 29.7 Å². The van der Waals surface area contributed by atoms with Crippen LogP contribution in [0.4, 0.5) is 4.79 Å². The Bertz CT molecular complexity index is 1210. The summed E-state index contributed by atoms with van der Waals surface area (Å²) in [7, 11) is 1.56. The standard InChI is InChI=1S/C22H27N7O3/c1-13-7-17(12-27(13)21(30)32-22(3,4)5)29-14(2)19(25-26-29)15-8-18(31-6)20-16(9-23)10-24-28(20)11-15/h8,10-11,13,17H,7,12H2,1-6H3/t13-,17-/m0/s1. The van der Waals surface area contributed by atoms with Crippen LogP contribution >= 0.6 is 0 Å². The Balaban J connectivity index is 1.64. The van der Waals surface area contributed by atoms with Crippen LogP contribution in [-0.4, -0.2) is 60.9 Å². The van der Waals surface area contributed by atoms with Crippen molar-refractivity contribution in [2.24, 2.45) is 0 Å². The third-order valence-electron chi connectivity index (χ3n) is 5.64. The lowest BCUT2D eigenvalue weighted by Gasteiger charge is -2.26. The van der Waals surface area contributed by atoms with Gasteiger partial charge in [0.1, 0.15) is 34.2 Å². The Labute approximate surface area is 186 Å². The fraction of sp³-hybridized carbons (Fsp3) is 0.500. The van der Waals surface area contributed by atoms with E-state index < -0.39 is 5.60 Å². The third-order valence-corrected chi connectivity index (χ3v) is 5.64. The van der Waals surface area contributed by atoms with Crippen LogP contribution in [0.25, 0.3) is 16.8 Å². The number of carbonyl (C=O) groups excluding carboxylic acids is 1. The van der Waals surface area contributed by atoms with Crippen molar-refractivity contribution in [2.75, 3.05) is 13.7 Å². The molecule has 0 spiro atoms. The number of nitrogens with zero attached hydrogens (tertiary/aromatic N) is 7. The Hall–Kier alpha value is -3.61. The minimum atomic E-state index is -0.541. The van der Waals surface area contributed by atoms with Gasteiger partial charge in [-0.2, -0.15) is 10.4 Å². The molecule has 3 aromatic rings. The normalized spacial score (nSPS) is 18.7. The van der Waals surface area contributed by atoms with Crippen LogP contribution < -0.4 is 4.74 Å². The van der Waals surface area contributed by atoms with Gasteiger partial charge in [0.05, 0.1) is 25.0 Å². The maximum Gasteiger partial charge on any atom is 0.410 e. The van der Waals surface area contributed by atoms with Crippen molar-refractivity contribution >= 4 is 11.6 Å². The highest BCUT2D eigenvalue weighted by Gasteiger charge is 2.37. The number of hydrogen-bond acceptors (Lipinski definition) is 7. The second kappa shape index (κ2) is 7.82. The van der Waals surface area contributed by atoms with Crippen molar-refractivity contribution in [1.29, 1.82) is 5.26 Å². The smallest absolute Gasteiger partial charge is 0.410 e. The van der Waals surface area contributed by atoms with Gasteiger partial charge in [-0.15, -0.1) is 5.10 Å². The molecule has 0 N–H and O–H groups in total. The molecule has 10 nitrogen and oxygen atoms in total. The van der Waals surface area contributed by atoms with Crippen molar-refractivity contribution in [3.63, 3.8) is 0 Å². The molecular weight excluding hydrogens is 410 g/mol. The van der Waals surface area contributed by atoms with Crippen molar-refractivity contribution in [2.45, 2.75) is 58.7 Å². The molecule has 32 heavy (non-hydrogen) atoms. The van der Waals surface area contributed by atoms with E-state index in [2.05, 4.69) is 21.5 Å². The first kappa shape index (κ1) is 21.6. The predicted octanol–water partition coefficient (Wildman–Crippen LogP) is 3.35. The van der Waals surface area contributed by atoms with Gasteiger partial charge in [-0.05, 0) is 47.1 Å². The molecule has 1 aliphatic rings. The molecule has 1 aliphatic heterocycles. The Morgan fingerprint density at radius 2 is 2.09 bits per heavy atom. The number of carbonyl (C=O) groups is 1. The number of aromatic nitrogens is 5. The van der Waals surface area contributed by atoms with Crippen molar-refractivity contribution in [1.82, 2.24) is 29.5 Å². The number of methoxy groups -OCH3 is 1. The topological polar surface area (TPSA) is 111 Å². The number of fused-ring (bicyclic) bond motifs is 1. The summed E-state index contributed by atoms with van der Waals surface area (Å²) in [5, 5.41) is 22.4. The summed E-state index contributed by atoms with van der Waals surface area (Å²) < 4.78 is 14.5. The van der Waals surface area contributed by atoms with E-state index in [1.54, 1.807) is 16.5 Å². The molecule has 4 heterocycles. The number of amides is 1. The average Bonchev–Trinajstić information content (AvgIpc) is 3.42. The first-order chi connectivity index (χ1) is 15.1. The average molecular weight is 438 g/mol. The quantitative estimate of drug-likeness (QED) is 0.618. The molecule has 10 heteroatoms. The summed E-state index contributed by atoms with van der Waals surface area (Å²) in [5.41, 5.74) is 2.86. The molecule has 0 unspecified atom stereocenters. The van der Waals surface area contributed by atoms with E-state index in [4.69, 9.17) is 9.47 Å². The van der Waals surface area contributed by atoms with Crippen LogP contribution in [0.2, 0.25) is 0 Å². The summed E-state index contributed by atoms with van der Waals surface area (Å²) in [4.78, 5) is 14.3. The molecule has 1 saturated heterocycles. The lowest BCUT2D eigenvalue weighted by molar-refractivity contribution is 0.0233. The zero-order valence-electron chi connectivity index (χ0n) is 19.2. The summed E-state index contributed by atoms with van der Waals surface area (Å²) in [6, 6.07) is 4.00. The second-order valence-corrected chi connectivity index (χ2v) is 9.10. The minimum Gasteiger partial charge on any atom is -0.494 e. The molecule has 168 valence electrons. The van der Waals surface area contributed by atoms with E-state index >= 15 is 0 Å². The maximum absolute atomic E-state index is 12.6. The van der Waals surface area contributed by atoms with Gasteiger partial charge in [0.15, 0.2) is 0 Å². The van der Waals surface area contributed by atoms with Crippen LogP contribution in [0, 0.1) is 18.3 Å². The SMILES string of the molecule is COc1cc(-c2nnn([C@H]3C[C@H](C)N(C(=O)OC(C)(C)C)C3)c2C)cn2ncc(C#N)c12. The lowest BCUT2D eigenvalue weighted by Crippen LogP contribution is -2.39. The van der Waals surface area contributed by atoms with Gasteiger partial charge < -0.3 is 14.4 Å². The number of nitriles is 1. The Morgan fingerprint density at radius 3 is 2.75 bits per heavy atom. The Morgan fingerprint density at radius 1 is 1.34 bits per heavy atom. The number of hydrogen-bond donors (Lipinski definition) is 0. The molecule has 2 atom stereocenters. The highest BCUT2D eigenvalue weighted by molar-refractivity contribution is 5.74. The van der Waals surface area contributed by atoms with Crippen LogP contribution in [-0.2, 0) is 4.74 Å². The molecule has 0 aromatic carbocycles. The van der Waals surface area contributed by atoms with Crippen LogP contribution in [0.1, 0.15) is 51.4 Å². The molecule has 4 rings (SSSR count). The molecule has 1 amide bonds. The fourth-order valence-electron chi connectivity index (χ4n) is 4.16. The number of rotatable bonds is 3. The van der Waals surface area contributed by atoms with Gasteiger partial charge in [0.2, 0.25) is 0 Å². The monoisotopic (exact) mass is 437 g/mol. The van der Waals surface area contributed by atoms with Crippen molar-refractivity contribution in [3.8, 4) is 23.1 Å². The highest BCUT2D eigenvalue weighted by atomic mass is 16.6. The summed E-state index contributed by atoms with van der Waals surface area (Å²) in [6.45, 7) is 10.1. The van der Waals surface area contributed by atoms with E-state index in [1.165, 1.54) is 6.20 Å². The fourth-order valence-corrected chi connectivity index (χ4v) is 4.16. The number of ether oxygens (including phenoxy) is 2. The predicted molar refractivity (Wildman–Crippen MR) is 116 cm³/mol. The largest absolute Gasteiger partial charge is 0.494 e. The molecule has 0 aliphatic carbocycles. The summed E-state index contributed by atoms with van der Waals surface area (Å²) in [6.07, 6.45) is 3.77. The molecule has 0 saturated carbocycles. The second-order valence-electron chi connectivity index (χ2n) is 9.10. The van der Waals surface area contributed by atoms with E-state index in [9.17, 15) is 10.1 Å². The summed E-state index contributed by atoms with van der Waals surface area (Å²) in [5.74, 6) is 0.538. The van der Waals surface area contributed by atoms with Crippen LogP contribution in [0.15, 0.2) is 18.5 Å². The van der Waals surface area contributed by atoms with Crippen LogP contribution in [0.5, 0.6) is 5.75 Å².